The first-order chi connectivity index (χ1) is 9.35. The minimum Gasteiger partial charge on any atom is -0.319 e. The summed E-state index contributed by atoms with van der Waals surface area (Å²) in [6, 6.07) is 9.38. The van der Waals surface area contributed by atoms with Gasteiger partial charge in [-0.15, -0.1) is 12.4 Å². The fourth-order valence-electron chi connectivity index (χ4n) is 3.32. The molecule has 112 valence electrons. The van der Waals surface area contributed by atoms with Crippen molar-refractivity contribution in [3.8, 4) is 0 Å². The van der Waals surface area contributed by atoms with Crippen LogP contribution in [0.3, 0.4) is 0 Å². The maximum Gasteiger partial charge on any atom is 0.0233 e. The predicted molar refractivity (Wildman–Crippen MR) is 87.6 cm³/mol. The maximum absolute atomic E-state index is 3.32. The minimum atomic E-state index is 0. The molecule has 1 saturated carbocycles. The summed E-state index contributed by atoms with van der Waals surface area (Å²) < 4.78 is 0. The molecule has 0 aromatic heterocycles. The lowest BCUT2D eigenvalue weighted by molar-refractivity contribution is 0.167. The molecule has 1 unspecified atom stereocenters. The Hall–Kier alpha value is -0.570. The average Bonchev–Trinajstić information content (AvgIpc) is 3.25. The van der Waals surface area contributed by atoms with E-state index in [0.29, 0.717) is 0 Å². The summed E-state index contributed by atoms with van der Waals surface area (Å²) in [7, 11) is 2.07. The van der Waals surface area contributed by atoms with Gasteiger partial charge in [0.25, 0.3) is 0 Å². The first-order valence-electron chi connectivity index (χ1n) is 7.81. The molecule has 1 heterocycles. The van der Waals surface area contributed by atoms with Crippen molar-refractivity contribution in [3.63, 3.8) is 0 Å². The highest BCUT2D eigenvalue weighted by Gasteiger charge is 2.23. The summed E-state index contributed by atoms with van der Waals surface area (Å²) >= 11 is 0. The molecule has 1 aromatic rings. The van der Waals surface area contributed by atoms with Gasteiger partial charge < -0.3 is 5.32 Å². The number of halogens is 1. The van der Waals surface area contributed by atoms with Gasteiger partial charge in [-0.2, -0.15) is 0 Å². The van der Waals surface area contributed by atoms with Crippen molar-refractivity contribution in [1.82, 2.24) is 10.2 Å². The van der Waals surface area contributed by atoms with Crippen molar-refractivity contribution in [3.05, 3.63) is 35.4 Å². The lowest BCUT2D eigenvalue weighted by Gasteiger charge is -2.32. The van der Waals surface area contributed by atoms with Crippen LogP contribution < -0.4 is 5.32 Å². The van der Waals surface area contributed by atoms with Crippen LogP contribution in [-0.4, -0.2) is 31.6 Å². The molecule has 1 N–H and O–H groups in total. The zero-order valence-corrected chi connectivity index (χ0v) is 13.3. The monoisotopic (exact) mass is 294 g/mol. The van der Waals surface area contributed by atoms with Crippen LogP contribution in [0.25, 0.3) is 0 Å². The number of benzene rings is 1. The largest absolute Gasteiger partial charge is 0.319 e. The van der Waals surface area contributed by atoms with Gasteiger partial charge in [0.15, 0.2) is 0 Å². The van der Waals surface area contributed by atoms with E-state index < -0.39 is 0 Å². The highest BCUT2D eigenvalue weighted by Crippen LogP contribution is 2.39. The van der Waals surface area contributed by atoms with E-state index >= 15 is 0 Å². The second-order valence-corrected chi connectivity index (χ2v) is 6.32. The first kappa shape index (κ1) is 15.8. The Bertz CT molecular complexity index is 398. The van der Waals surface area contributed by atoms with Gasteiger partial charge in [-0.3, -0.25) is 4.90 Å². The molecule has 1 atom stereocenters. The van der Waals surface area contributed by atoms with Crippen LogP contribution in [0, 0.1) is 5.92 Å². The number of piperidine rings is 1. The van der Waals surface area contributed by atoms with Gasteiger partial charge in [0.05, 0.1) is 0 Å². The van der Waals surface area contributed by atoms with Gasteiger partial charge in [0.1, 0.15) is 0 Å². The van der Waals surface area contributed by atoms with Gasteiger partial charge >= 0.3 is 0 Å². The van der Waals surface area contributed by atoms with E-state index in [2.05, 4.69) is 41.5 Å². The molecule has 0 radical (unpaired) electrons. The maximum atomic E-state index is 3.32. The van der Waals surface area contributed by atoms with E-state index in [0.717, 1.165) is 24.9 Å². The molecule has 3 rings (SSSR count). The Kier molecular flexibility index (Phi) is 5.88. The standard InChI is InChI=1S/C17H26N2.ClH/c1-18-11-15-3-2-10-19(13-15)12-14-4-6-16(7-5-14)17-8-9-17;/h4-7,15,17-18H,2-3,8-13H2,1H3;1H. The zero-order chi connectivity index (χ0) is 13.1. The molecule has 2 nitrogen and oxygen atoms in total. The minimum absolute atomic E-state index is 0. The summed E-state index contributed by atoms with van der Waals surface area (Å²) in [5, 5.41) is 3.32. The van der Waals surface area contributed by atoms with Gasteiger partial charge in [-0.1, -0.05) is 24.3 Å². The summed E-state index contributed by atoms with van der Waals surface area (Å²) in [5.41, 5.74) is 3.03. The Morgan fingerprint density at radius 1 is 1.15 bits per heavy atom. The highest BCUT2D eigenvalue weighted by molar-refractivity contribution is 5.85. The number of hydrogen-bond acceptors (Lipinski definition) is 2. The summed E-state index contributed by atoms with van der Waals surface area (Å²) in [6.45, 7) is 4.82. The van der Waals surface area contributed by atoms with E-state index in [1.54, 1.807) is 5.56 Å². The second-order valence-electron chi connectivity index (χ2n) is 6.32. The van der Waals surface area contributed by atoms with Crippen LogP contribution >= 0.6 is 12.4 Å². The molecule has 0 amide bonds. The van der Waals surface area contributed by atoms with E-state index in [4.69, 9.17) is 0 Å². The Morgan fingerprint density at radius 3 is 2.55 bits per heavy atom. The normalized spacial score (nSPS) is 23.4. The number of nitrogens with zero attached hydrogens (tertiary/aromatic N) is 1. The Balaban J connectivity index is 0.00000147. The summed E-state index contributed by atoms with van der Waals surface area (Å²) in [4.78, 5) is 2.62. The number of rotatable bonds is 5. The molecular weight excluding hydrogens is 268 g/mol. The second kappa shape index (κ2) is 7.44. The molecule has 3 heteroatoms. The fraction of sp³-hybridized carbons (Fsp3) is 0.647. The van der Waals surface area contributed by atoms with E-state index in [1.807, 2.05) is 0 Å². The number of likely N-dealkylation sites (tertiary alicyclic amines) is 1. The van der Waals surface area contributed by atoms with Crippen LogP contribution in [0.2, 0.25) is 0 Å². The van der Waals surface area contributed by atoms with E-state index in [9.17, 15) is 0 Å². The van der Waals surface area contributed by atoms with Crippen LogP contribution in [0.15, 0.2) is 24.3 Å². The number of hydrogen-bond donors (Lipinski definition) is 1. The van der Waals surface area contributed by atoms with Crippen LogP contribution in [0.1, 0.15) is 42.7 Å². The molecule has 1 saturated heterocycles. The van der Waals surface area contributed by atoms with E-state index in [1.165, 1.54) is 44.3 Å². The van der Waals surface area contributed by atoms with Crippen molar-refractivity contribution in [2.75, 3.05) is 26.7 Å². The summed E-state index contributed by atoms with van der Waals surface area (Å²) in [5.74, 6) is 1.72. The quantitative estimate of drug-likeness (QED) is 0.895. The van der Waals surface area contributed by atoms with E-state index in [-0.39, 0.29) is 12.4 Å². The molecular formula is C17H27ClN2. The van der Waals surface area contributed by atoms with Gasteiger partial charge in [0, 0.05) is 13.1 Å². The smallest absolute Gasteiger partial charge is 0.0233 e. The molecule has 0 spiro atoms. The van der Waals surface area contributed by atoms with Crippen LogP contribution in [-0.2, 0) is 6.54 Å². The molecule has 2 aliphatic rings. The van der Waals surface area contributed by atoms with Crippen LogP contribution in [0.5, 0.6) is 0 Å². The molecule has 1 aromatic carbocycles. The first-order valence-corrected chi connectivity index (χ1v) is 7.81. The summed E-state index contributed by atoms with van der Waals surface area (Å²) in [6.07, 6.45) is 5.54. The van der Waals surface area contributed by atoms with Crippen LogP contribution in [0.4, 0.5) is 0 Å². The molecule has 20 heavy (non-hydrogen) atoms. The van der Waals surface area contributed by atoms with Gasteiger partial charge in [-0.25, -0.2) is 0 Å². The van der Waals surface area contributed by atoms with Crippen molar-refractivity contribution >= 4 is 12.4 Å². The molecule has 1 aliphatic heterocycles. The third kappa shape index (κ3) is 4.21. The Labute approximate surface area is 129 Å². The third-order valence-electron chi connectivity index (χ3n) is 4.53. The lowest BCUT2D eigenvalue weighted by atomic mass is 9.97. The SMILES string of the molecule is CNCC1CCCN(Cc2ccc(C3CC3)cc2)C1.Cl. The molecule has 0 bridgehead atoms. The zero-order valence-electron chi connectivity index (χ0n) is 12.5. The third-order valence-corrected chi connectivity index (χ3v) is 4.53. The van der Waals surface area contributed by atoms with Crippen molar-refractivity contribution < 1.29 is 0 Å². The predicted octanol–water partition coefficient (Wildman–Crippen LogP) is 3.42. The molecule has 1 aliphatic carbocycles. The highest BCUT2D eigenvalue weighted by atomic mass is 35.5. The van der Waals surface area contributed by atoms with Gasteiger partial charge in [-0.05, 0) is 68.8 Å². The van der Waals surface area contributed by atoms with Crippen molar-refractivity contribution in [2.24, 2.45) is 5.92 Å². The van der Waals surface area contributed by atoms with Gasteiger partial charge in [0.2, 0.25) is 0 Å². The van der Waals surface area contributed by atoms with Crippen molar-refractivity contribution in [1.29, 1.82) is 0 Å². The topological polar surface area (TPSA) is 15.3 Å². The lowest BCUT2D eigenvalue weighted by Crippen LogP contribution is -2.38. The average molecular weight is 295 g/mol. The van der Waals surface area contributed by atoms with Crippen molar-refractivity contribution in [2.45, 2.75) is 38.1 Å². The number of nitrogens with one attached hydrogen (secondary N) is 1. The Morgan fingerprint density at radius 2 is 1.90 bits per heavy atom. The fourth-order valence-corrected chi connectivity index (χ4v) is 3.32. The molecule has 2 fully saturated rings.